The summed E-state index contributed by atoms with van der Waals surface area (Å²) in [5.74, 6) is 0.131. The topological polar surface area (TPSA) is 20.3 Å². The van der Waals surface area contributed by atoms with E-state index in [1.165, 1.54) is 0 Å². The first-order valence-electron chi connectivity index (χ1n) is 6.27. The predicted molar refractivity (Wildman–Crippen MR) is 85.4 cm³/mol. The summed E-state index contributed by atoms with van der Waals surface area (Å²) in [6.45, 7) is 7.22. The van der Waals surface area contributed by atoms with Gasteiger partial charge in [0.05, 0.1) is 13.1 Å². The molecule has 1 unspecified atom stereocenters. The third-order valence-electron chi connectivity index (χ3n) is 3.02. The molecule has 18 heavy (non-hydrogen) atoms. The molecular weight excluding hydrogens is 378 g/mol. The van der Waals surface area contributed by atoms with Gasteiger partial charge in [-0.1, -0.05) is 20.3 Å². The van der Waals surface area contributed by atoms with Crippen molar-refractivity contribution in [1.82, 2.24) is 4.90 Å². The zero-order chi connectivity index (χ0) is 13.7. The minimum Gasteiger partial charge on any atom is -0.336 e. The molecule has 5 heteroatoms. The number of nitrogens with zero attached hydrogens (tertiary/aromatic N) is 1. The minimum absolute atomic E-state index is 0.131. The standard InChI is InChI=1S/C13H19Br2NOS/c1-4-6-7-16(9(3)5-2)13(17)10-8-11(14)18-12(10)15/h8-9H,4-7H2,1-3H3. The van der Waals surface area contributed by atoms with Crippen LogP contribution in [0.1, 0.15) is 50.4 Å². The maximum Gasteiger partial charge on any atom is 0.256 e. The van der Waals surface area contributed by atoms with Gasteiger partial charge in [-0.3, -0.25) is 4.79 Å². The van der Waals surface area contributed by atoms with Crippen molar-refractivity contribution in [2.24, 2.45) is 0 Å². The molecule has 0 saturated carbocycles. The van der Waals surface area contributed by atoms with E-state index < -0.39 is 0 Å². The van der Waals surface area contributed by atoms with Gasteiger partial charge in [0.15, 0.2) is 0 Å². The van der Waals surface area contributed by atoms with Gasteiger partial charge in [0.1, 0.15) is 0 Å². The first-order valence-corrected chi connectivity index (χ1v) is 8.67. The number of unbranched alkanes of at least 4 members (excludes halogenated alkanes) is 1. The molecule has 0 bridgehead atoms. The fraction of sp³-hybridized carbons (Fsp3) is 0.615. The molecule has 102 valence electrons. The molecule has 1 amide bonds. The first kappa shape index (κ1) is 16.2. The Bertz CT molecular complexity index is 406. The van der Waals surface area contributed by atoms with Crippen molar-refractivity contribution in [3.05, 3.63) is 19.2 Å². The summed E-state index contributed by atoms with van der Waals surface area (Å²) in [6.07, 6.45) is 3.14. The van der Waals surface area contributed by atoms with E-state index in [-0.39, 0.29) is 11.9 Å². The molecule has 0 N–H and O–H groups in total. The molecule has 1 heterocycles. The van der Waals surface area contributed by atoms with Crippen molar-refractivity contribution in [2.75, 3.05) is 6.54 Å². The second-order valence-corrected chi connectivity index (χ2v) is 8.10. The Morgan fingerprint density at radius 2 is 2.11 bits per heavy atom. The largest absolute Gasteiger partial charge is 0.336 e. The van der Waals surface area contributed by atoms with Gasteiger partial charge in [0.25, 0.3) is 5.91 Å². The lowest BCUT2D eigenvalue weighted by Gasteiger charge is -2.28. The molecule has 1 aromatic rings. The lowest BCUT2D eigenvalue weighted by Crippen LogP contribution is -2.39. The van der Waals surface area contributed by atoms with E-state index in [0.29, 0.717) is 0 Å². The number of carbonyl (C=O) groups is 1. The van der Waals surface area contributed by atoms with E-state index in [9.17, 15) is 4.79 Å². The number of amides is 1. The van der Waals surface area contributed by atoms with Crippen LogP contribution in [0.2, 0.25) is 0 Å². The number of thiophene rings is 1. The lowest BCUT2D eigenvalue weighted by atomic mass is 10.1. The van der Waals surface area contributed by atoms with Gasteiger partial charge < -0.3 is 4.90 Å². The Morgan fingerprint density at radius 1 is 1.44 bits per heavy atom. The normalized spacial score (nSPS) is 12.5. The highest BCUT2D eigenvalue weighted by molar-refractivity contribution is 9.12. The van der Waals surface area contributed by atoms with Crippen molar-refractivity contribution < 1.29 is 4.79 Å². The molecule has 0 radical (unpaired) electrons. The van der Waals surface area contributed by atoms with E-state index >= 15 is 0 Å². The molecule has 2 nitrogen and oxygen atoms in total. The van der Waals surface area contributed by atoms with Gasteiger partial charge in [-0.05, 0) is 57.7 Å². The monoisotopic (exact) mass is 395 g/mol. The Balaban J connectivity index is 2.91. The second kappa shape index (κ2) is 7.65. The van der Waals surface area contributed by atoms with E-state index in [1.54, 1.807) is 11.3 Å². The average Bonchev–Trinajstić information content (AvgIpc) is 2.68. The molecule has 0 saturated heterocycles. The third-order valence-corrected chi connectivity index (χ3v) is 5.36. The molecule has 1 aromatic heterocycles. The van der Waals surface area contributed by atoms with E-state index in [0.717, 1.165) is 38.9 Å². The smallest absolute Gasteiger partial charge is 0.256 e. The summed E-state index contributed by atoms with van der Waals surface area (Å²) in [6, 6.07) is 2.19. The van der Waals surface area contributed by atoms with Gasteiger partial charge in [-0.15, -0.1) is 11.3 Å². The molecular formula is C13H19Br2NOS. The fourth-order valence-corrected chi connectivity index (χ4v) is 4.49. The molecule has 1 atom stereocenters. The Hall–Kier alpha value is 0.130. The second-order valence-electron chi connectivity index (χ2n) is 4.35. The van der Waals surface area contributed by atoms with Crippen LogP contribution in [0.15, 0.2) is 13.6 Å². The summed E-state index contributed by atoms with van der Waals surface area (Å²) in [7, 11) is 0. The van der Waals surface area contributed by atoms with Crippen LogP contribution < -0.4 is 0 Å². The molecule has 0 aromatic carbocycles. The average molecular weight is 397 g/mol. The molecule has 0 aliphatic heterocycles. The molecule has 0 aliphatic carbocycles. The quantitative estimate of drug-likeness (QED) is 0.637. The van der Waals surface area contributed by atoms with Crippen molar-refractivity contribution in [1.29, 1.82) is 0 Å². The highest BCUT2D eigenvalue weighted by Gasteiger charge is 2.23. The van der Waals surface area contributed by atoms with Crippen molar-refractivity contribution in [3.63, 3.8) is 0 Å². The minimum atomic E-state index is 0.131. The summed E-state index contributed by atoms with van der Waals surface area (Å²) in [4.78, 5) is 14.6. The van der Waals surface area contributed by atoms with Gasteiger partial charge in [0, 0.05) is 12.6 Å². The van der Waals surface area contributed by atoms with Crippen molar-refractivity contribution in [3.8, 4) is 0 Å². The molecule has 0 spiro atoms. The van der Waals surface area contributed by atoms with E-state index in [4.69, 9.17) is 0 Å². The number of hydrogen-bond acceptors (Lipinski definition) is 2. The summed E-state index contributed by atoms with van der Waals surface area (Å²) < 4.78 is 1.89. The van der Waals surface area contributed by atoms with Crippen molar-refractivity contribution in [2.45, 2.75) is 46.1 Å². The van der Waals surface area contributed by atoms with E-state index in [1.807, 2.05) is 11.0 Å². The van der Waals surface area contributed by atoms with Crippen LogP contribution in [0.3, 0.4) is 0 Å². The van der Waals surface area contributed by atoms with Crippen LogP contribution in [0.5, 0.6) is 0 Å². The zero-order valence-electron chi connectivity index (χ0n) is 11.0. The lowest BCUT2D eigenvalue weighted by molar-refractivity contribution is 0.0685. The highest BCUT2D eigenvalue weighted by atomic mass is 79.9. The number of halogens is 2. The Kier molecular flexibility index (Phi) is 6.88. The number of rotatable bonds is 6. The summed E-state index contributed by atoms with van der Waals surface area (Å²) in [5.41, 5.74) is 0.767. The fourth-order valence-electron chi connectivity index (χ4n) is 1.71. The van der Waals surface area contributed by atoms with Crippen LogP contribution >= 0.6 is 43.2 Å². The number of carbonyl (C=O) groups excluding carboxylic acids is 1. The van der Waals surface area contributed by atoms with Crippen LogP contribution in [0.25, 0.3) is 0 Å². The Morgan fingerprint density at radius 3 is 2.56 bits per heavy atom. The highest BCUT2D eigenvalue weighted by Crippen LogP contribution is 2.33. The van der Waals surface area contributed by atoms with Crippen LogP contribution in [-0.2, 0) is 0 Å². The first-order chi connectivity index (χ1) is 8.51. The molecule has 1 rings (SSSR count). The molecule has 0 fully saturated rings. The van der Waals surface area contributed by atoms with Gasteiger partial charge in [-0.2, -0.15) is 0 Å². The van der Waals surface area contributed by atoms with Gasteiger partial charge >= 0.3 is 0 Å². The van der Waals surface area contributed by atoms with Crippen molar-refractivity contribution >= 4 is 49.1 Å². The maximum absolute atomic E-state index is 12.6. The van der Waals surface area contributed by atoms with Crippen LogP contribution in [0.4, 0.5) is 0 Å². The summed E-state index contributed by atoms with van der Waals surface area (Å²) in [5, 5.41) is 0. The maximum atomic E-state index is 12.6. The van der Waals surface area contributed by atoms with Crippen LogP contribution in [-0.4, -0.2) is 23.4 Å². The molecule has 0 aliphatic rings. The number of hydrogen-bond donors (Lipinski definition) is 0. The summed E-state index contributed by atoms with van der Waals surface area (Å²) >= 11 is 8.44. The van der Waals surface area contributed by atoms with Crippen LogP contribution in [0, 0.1) is 0 Å². The third kappa shape index (κ3) is 4.07. The zero-order valence-corrected chi connectivity index (χ0v) is 15.0. The predicted octanol–water partition coefficient (Wildman–Crippen LogP) is 5.31. The van der Waals surface area contributed by atoms with E-state index in [2.05, 4.69) is 52.6 Å². The van der Waals surface area contributed by atoms with Gasteiger partial charge in [-0.25, -0.2) is 0 Å². The SMILES string of the molecule is CCCCN(C(=O)c1cc(Br)sc1Br)C(C)CC. The van der Waals surface area contributed by atoms with Gasteiger partial charge in [0.2, 0.25) is 0 Å². The Labute approximate surface area is 130 Å².